The molecule has 0 unspecified atom stereocenters. The summed E-state index contributed by atoms with van der Waals surface area (Å²) in [5.74, 6) is 1.08. The fourth-order valence-corrected chi connectivity index (χ4v) is 4.78. The summed E-state index contributed by atoms with van der Waals surface area (Å²) in [5.41, 5.74) is 8.20. The second kappa shape index (κ2) is 12.9. The number of nitrogens with zero attached hydrogens (tertiary/aromatic N) is 2. The van der Waals surface area contributed by atoms with Gasteiger partial charge in [-0.1, -0.05) is 57.9 Å². The molecule has 1 aliphatic rings. The molecule has 3 nitrogen and oxygen atoms in total. The number of carbonyl (C=O) groups is 1. The number of rotatable bonds is 10. The predicted molar refractivity (Wildman–Crippen MR) is 144 cm³/mol. The zero-order valence-corrected chi connectivity index (χ0v) is 21.0. The fraction of sp³-hybridized carbons (Fsp3) is 0.400. The van der Waals surface area contributed by atoms with Crippen molar-refractivity contribution in [2.24, 2.45) is 11.0 Å². The highest BCUT2D eigenvalue weighted by Gasteiger charge is 2.25. The molecule has 2 aromatic rings. The van der Waals surface area contributed by atoms with Crippen LogP contribution in [0, 0.1) is 12.8 Å². The van der Waals surface area contributed by atoms with Gasteiger partial charge in [-0.25, -0.2) is 5.01 Å². The molecule has 0 N–H and O–H groups in total. The lowest BCUT2D eigenvalue weighted by Gasteiger charge is -2.20. The first-order valence-electron chi connectivity index (χ1n) is 12.2. The molecule has 176 valence electrons. The Labute approximate surface area is 200 Å². The van der Waals surface area contributed by atoms with Crippen LogP contribution in [-0.2, 0) is 12.8 Å². The highest BCUT2D eigenvalue weighted by molar-refractivity contribution is 6.03. The van der Waals surface area contributed by atoms with E-state index < -0.39 is 0 Å². The van der Waals surface area contributed by atoms with Gasteiger partial charge in [0.1, 0.15) is 0 Å². The number of hydrogen-bond acceptors (Lipinski definition) is 3. The van der Waals surface area contributed by atoms with Crippen molar-refractivity contribution in [1.29, 1.82) is 0 Å². The minimum Gasteiger partial charge on any atom is -0.294 e. The standard InChI is InChI=1S/C28H36N2O.C2H4/c1-6-21(7-2)11-10-12-22-14-16-24-25(17-18-27(24)31)28(22)26-19-23(15-13-20(26)5)30(9-4)29-8-3;1-2/h8-9,13-16,19,21H,4,6-7,10-12,17-18H2,1-3,5H3;1-2H2/b29-8-;. The summed E-state index contributed by atoms with van der Waals surface area (Å²) < 4.78 is 0. The average Bonchev–Trinajstić information content (AvgIpc) is 3.22. The van der Waals surface area contributed by atoms with Crippen LogP contribution in [0.5, 0.6) is 0 Å². The van der Waals surface area contributed by atoms with Crippen molar-refractivity contribution in [2.75, 3.05) is 5.01 Å². The molecule has 0 bridgehead atoms. The Balaban J connectivity index is 0.00000187. The summed E-state index contributed by atoms with van der Waals surface area (Å²) in [4.78, 5) is 12.5. The second-order valence-corrected chi connectivity index (χ2v) is 8.52. The Bertz CT molecular complexity index is 985. The van der Waals surface area contributed by atoms with E-state index in [0.29, 0.717) is 6.42 Å². The van der Waals surface area contributed by atoms with Crippen molar-refractivity contribution < 1.29 is 4.79 Å². The summed E-state index contributed by atoms with van der Waals surface area (Å²) in [5, 5.41) is 6.20. The number of aryl methyl sites for hydroxylation is 2. The maximum absolute atomic E-state index is 12.5. The molecule has 0 radical (unpaired) electrons. The molecular weight excluding hydrogens is 404 g/mol. The quantitative estimate of drug-likeness (QED) is 0.210. The number of anilines is 1. The van der Waals surface area contributed by atoms with E-state index in [1.807, 2.05) is 6.92 Å². The monoisotopic (exact) mass is 444 g/mol. The van der Waals surface area contributed by atoms with Crippen LogP contribution >= 0.6 is 0 Å². The molecule has 3 rings (SSSR count). The normalized spacial score (nSPS) is 12.6. The summed E-state index contributed by atoms with van der Waals surface area (Å²) >= 11 is 0. The van der Waals surface area contributed by atoms with Gasteiger partial charge in [0, 0.05) is 24.4 Å². The predicted octanol–water partition coefficient (Wildman–Crippen LogP) is 8.31. The van der Waals surface area contributed by atoms with Gasteiger partial charge in [-0.15, -0.1) is 13.2 Å². The molecule has 0 aliphatic heterocycles. The lowest BCUT2D eigenvalue weighted by molar-refractivity contribution is 0.0994. The molecule has 3 heteroatoms. The Morgan fingerprint density at radius 2 is 1.82 bits per heavy atom. The van der Waals surface area contributed by atoms with Gasteiger partial charge in [-0.2, -0.15) is 5.10 Å². The number of fused-ring (bicyclic) bond motifs is 1. The SMILES string of the molecule is C=C.C=CN(/N=C\C)c1ccc(C)c(-c2c(CCCC(CC)CC)ccc3c2CCC3=O)c1. The number of hydrogen-bond donors (Lipinski definition) is 0. The molecule has 0 heterocycles. The van der Waals surface area contributed by atoms with Crippen LogP contribution in [0.4, 0.5) is 5.69 Å². The van der Waals surface area contributed by atoms with Crippen LogP contribution < -0.4 is 5.01 Å². The van der Waals surface area contributed by atoms with Crippen LogP contribution in [0.1, 0.15) is 79.9 Å². The van der Waals surface area contributed by atoms with E-state index in [4.69, 9.17) is 0 Å². The molecule has 0 fully saturated rings. The lowest BCUT2D eigenvalue weighted by Crippen LogP contribution is -2.07. The first-order chi connectivity index (χ1) is 16.0. The maximum Gasteiger partial charge on any atom is 0.163 e. The molecule has 1 aliphatic carbocycles. The molecule has 0 spiro atoms. The highest BCUT2D eigenvalue weighted by atomic mass is 16.1. The minimum absolute atomic E-state index is 0.275. The van der Waals surface area contributed by atoms with Gasteiger partial charge in [-0.3, -0.25) is 4.79 Å². The summed E-state index contributed by atoms with van der Waals surface area (Å²) in [7, 11) is 0. The first-order valence-corrected chi connectivity index (χ1v) is 12.2. The topological polar surface area (TPSA) is 32.7 Å². The van der Waals surface area contributed by atoms with E-state index in [1.165, 1.54) is 53.5 Å². The smallest absolute Gasteiger partial charge is 0.163 e. The number of ketones is 1. The van der Waals surface area contributed by atoms with Gasteiger partial charge in [0.2, 0.25) is 0 Å². The van der Waals surface area contributed by atoms with E-state index in [0.717, 1.165) is 30.0 Å². The lowest BCUT2D eigenvalue weighted by atomic mass is 9.86. The van der Waals surface area contributed by atoms with Crippen LogP contribution in [0.2, 0.25) is 0 Å². The fourth-order valence-electron chi connectivity index (χ4n) is 4.78. The molecule has 0 saturated carbocycles. The van der Waals surface area contributed by atoms with Crippen molar-refractivity contribution in [1.82, 2.24) is 0 Å². The first kappa shape index (κ1) is 26.3. The number of hydrazone groups is 1. The maximum atomic E-state index is 12.5. The van der Waals surface area contributed by atoms with Gasteiger partial charge in [-0.05, 0) is 79.0 Å². The summed E-state index contributed by atoms with van der Waals surface area (Å²) in [6.45, 7) is 18.5. The van der Waals surface area contributed by atoms with E-state index in [1.54, 1.807) is 17.4 Å². The summed E-state index contributed by atoms with van der Waals surface area (Å²) in [6, 6.07) is 10.7. The Hall–Kier alpha value is -2.94. The molecule has 0 aromatic heterocycles. The number of benzene rings is 2. The Kier molecular flexibility index (Phi) is 10.3. The van der Waals surface area contributed by atoms with Gasteiger partial charge in [0.05, 0.1) is 5.69 Å². The Morgan fingerprint density at radius 3 is 2.45 bits per heavy atom. The van der Waals surface area contributed by atoms with Crippen molar-refractivity contribution in [2.45, 2.75) is 72.6 Å². The summed E-state index contributed by atoms with van der Waals surface area (Å²) in [6.07, 6.45) is 10.9. The van der Waals surface area contributed by atoms with Gasteiger partial charge >= 0.3 is 0 Å². The molecule has 0 atom stereocenters. The zero-order chi connectivity index (χ0) is 24.4. The van der Waals surface area contributed by atoms with Crippen LogP contribution in [0.3, 0.4) is 0 Å². The minimum atomic E-state index is 0.275. The van der Waals surface area contributed by atoms with E-state index in [2.05, 4.69) is 75.9 Å². The van der Waals surface area contributed by atoms with Crippen LogP contribution in [0.15, 0.2) is 61.4 Å². The zero-order valence-electron chi connectivity index (χ0n) is 21.0. The highest BCUT2D eigenvalue weighted by Crippen LogP contribution is 2.39. The van der Waals surface area contributed by atoms with Gasteiger partial charge < -0.3 is 0 Å². The van der Waals surface area contributed by atoms with Crippen molar-refractivity contribution in [3.63, 3.8) is 0 Å². The molecule has 0 amide bonds. The third-order valence-electron chi connectivity index (χ3n) is 6.68. The van der Waals surface area contributed by atoms with Crippen molar-refractivity contribution in [3.05, 3.63) is 78.5 Å². The van der Waals surface area contributed by atoms with E-state index in [9.17, 15) is 4.79 Å². The third-order valence-corrected chi connectivity index (χ3v) is 6.68. The van der Waals surface area contributed by atoms with Gasteiger partial charge in [0.15, 0.2) is 5.78 Å². The number of Topliss-reactive ketones (excluding diaryl/α,β-unsaturated/α-hetero) is 1. The van der Waals surface area contributed by atoms with E-state index in [-0.39, 0.29) is 5.78 Å². The molecule has 33 heavy (non-hydrogen) atoms. The number of carbonyl (C=O) groups excluding carboxylic acids is 1. The van der Waals surface area contributed by atoms with E-state index >= 15 is 0 Å². The molecule has 0 saturated heterocycles. The third kappa shape index (κ3) is 6.10. The van der Waals surface area contributed by atoms with Crippen LogP contribution in [-0.4, -0.2) is 12.0 Å². The Morgan fingerprint density at radius 1 is 1.09 bits per heavy atom. The largest absolute Gasteiger partial charge is 0.294 e. The van der Waals surface area contributed by atoms with Crippen molar-refractivity contribution >= 4 is 17.7 Å². The molecular formula is C30H40N2O. The van der Waals surface area contributed by atoms with Crippen molar-refractivity contribution in [3.8, 4) is 11.1 Å². The average molecular weight is 445 g/mol. The van der Waals surface area contributed by atoms with Crippen LogP contribution in [0.25, 0.3) is 11.1 Å². The van der Waals surface area contributed by atoms with Gasteiger partial charge in [0.25, 0.3) is 0 Å². The molecule has 2 aromatic carbocycles. The second-order valence-electron chi connectivity index (χ2n) is 8.52.